The smallest absolute Gasteiger partial charge is 0.260 e. The van der Waals surface area contributed by atoms with Crippen LogP contribution in [0.2, 0.25) is 5.02 Å². The zero-order valence-electron chi connectivity index (χ0n) is 18.0. The van der Waals surface area contributed by atoms with Crippen molar-refractivity contribution in [2.75, 3.05) is 18.0 Å². The number of amides is 1. The van der Waals surface area contributed by atoms with E-state index in [1.807, 2.05) is 18.2 Å². The van der Waals surface area contributed by atoms with Crippen molar-refractivity contribution in [2.45, 2.75) is 50.4 Å². The number of aromatic nitrogens is 5. The number of nitrogens with zero attached hydrogens (tertiary/aromatic N) is 7. The number of anilines is 1. The van der Waals surface area contributed by atoms with Crippen LogP contribution in [0, 0.1) is 0 Å². The fourth-order valence-corrected chi connectivity index (χ4v) is 5.06. The number of rotatable bonds is 3. The largest absolute Gasteiger partial charge is 0.355 e. The van der Waals surface area contributed by atoms with Crippen LogP contribution in [0.3, 0.4) is 0 Å². The Hall–Kier alpha value is -3.07. The second kappa shape index (κ2) is 7.76. The SMILES string of the molecule is O=C(N1Cc2cc(Cl)ccc2-n2c(nnc2C2CCN(c3cnccn3)CC2)C1)C1(F)CC1. The molecule has 10 heteroatoms. The Balaban J connectivity index is 1.32. The van der Waals surface area contributed by atoms with E-state index in [1.54, 1.807) is 23.5 Å². The predicted molar refractivity (Wildman–Crippen MR) is 120 cm³/mol. The van der Waals surface area contributed by atoms with Gasteiger partial charge in [0, 0.05) is 43.0 Å². The van der Waals surface area contributed by atoms with Gasteiger partial charge in [0.25, 0.3) is 5.91 Å². The molecule has 0 unspecified atom stereocenters. The van der Waals surface area contributed by atoms with E-state index in [0.29, 0.717) is 17.4 Å². The molecule has 0 N–H and O–H groups in total. The third kappa shape index (κ3) is 3.64. The van der Waals surface area contributed by atoms with Crippen molar-refractivity contribution >= 4 is 23.3 Å². The standard InChI is InChI=1S/C23H23ClFN7O/c24-17-1-2-18-16(11-17)13-31(22(33)23(25)5-6-23)14-20-28-29-21(32(18)20)15-3-9-30(10-4-15)19-12-26-7-8-27-19/h1-2,7-8,11-12,15H,3-6,9-10,13-14H2. The fraction of sp³-hybridized carbons (Fsp3) is 0.435. The van der Waals surface area contributed by atoms with E-state index in [0.717, 1.165) is 48.8 Å². The lowest BCUT2D eigenvalue weighted by molar-refractivity contribution is -0.139. The van der Waals surface area contributed by atoms with Crippen LogP contribution in [0.25, 0.3) is 5.69 Å². The van der Waals surface area contributed by atoms with Crippen LogP contribution in [0.5, 0.6) is 0 Å². The van der Waals surface area contributed by atoms with Gasteiger partial charge in [-0.05, 0) is 49.4 Å². The quantitative estimate of drug-likeness (QED) is 0.587. The molecule has 2 fully saturated rings. The minimum absolute atomic E-state index is 0.209. The summed E-state index contributed by atoms with van der Waals surface area (Å²) in [5.74, 6) is 2.15. The molecule has 4 heterocycles. The Morgan fingerprint density at radius 2 is 1.94 bits per heavy atom. The van der Waals surface area contributed by atoms with Gasteiger partial charge in [0.05, 0.1) is 18.4 Å². The molecule has 3 aromatic rings. The molecular formula is C23H23ClFN7O. The van der Waals surface area contributed by atoms with Gasteiger partial charge in [0.1, 0.15) is 11.6 Å². The second-order valence-corrected chi connectivity index (χ2v) is 9.47. The molecule has 1 saturated carbocycles. The van der Waals surface area contributed by atoms with Gasteiger partial charge < -0.3 is 9.80 Å². The van der Waals surface area contributed by atoms with Crippen LogP contribution < -0.4 is 4.90 Å². The molecule has 0 atom stereocenters. The summed E-state index contributed by atoms with van der Waals surface area (Å²) in [5, 5.41) is 9.59. The van der Waals surface area contributed by atoms with Gasteiger partial charge in [-0.2, -0.15) is 0 Å². The first-order valence-corrected chi connectivity index (χ1v) is 11.6. The van der Waals surface area contributed by atoms with E-state index in [9.17, 15) is 9.18 Å². The van der Waals surface area contributed by atoms with E-state index < -0.39 is 11.6 Å². The first kappa shape index (κ1) is 20.5. The van der Waals surface area contributed by atoms with E-state index in [-0.39, 0.29) is 25.3 Å². The molecule has 1 amide bonds. The Kier molecular flexibility index (Phi) is 4.83. The maximum Gasteiger partial charge on any atom is 0.260 e. The van der Waals surface area contributed by atoms with Gasteiger partial charge in [0.2, 0.25) is 0 Å². The Bertz CT molecular complexity index is 1200. The summed E-state index contributed by atoms with van der Waals surface area (Å²) in [5.41, 5.74) is 0.0471. The van der Waals surface area contributed by atoms with Crippen LogP contribution >= 0.6 is 11.6 Å². The summed E-state index contributed by atoms with van der Waals surface area (Å²) in [6.45, 7) is 2.21. The average Bonchev–Trinajstić information content (AvgIpc) is 3.50. The molecular weight excluding hydrogens is 445 g/mol. The lowest BCUT2D eigenvalue weighted by atomic mass is 9.95. The third-order valence-corrected chi connectivity index (χ3v) is 7.06. The van der Waals surface area contributed by atoms with Crippen LogP contribution in [0.1, 0.15) is 48.8 Å². The molecule has 1 aliphatic carbocycles. The third-order valence-electron chi connectivity index (χ3n) is 6.82. The minimum atomic E-state index is -1.73. The average molecular weight is 468 g/mol. The van der Waals surface area contributed by atoms with E-state index in [1.165, 1.54) is 0 Å². The highest BCUT2D eigenvalue weighted by atomic mass is 35.5. The van der Waals surface area contributed by atoms with Crippen molar-refractivity contribution in [3.8, 4) is 5.69 Å². The van der Waals surface area contributed by atoms with E-state index in [4.69, 9.17) is 11.6 Å². The van der Waals surface area contributed by atoms with Crippen LogP contribution in [0.15, 0.2) is 36.8 Å². The van der Waals surface area contributed by atoms with Gasteiger partial charge in [-0.15, -0.1) is 10.2 Å². The van der Waals surface area contributed by atoms with Crippen molar-refractivity contribution in [3.63, 3.8) is 0 Å². The number of alkyl halides is 1. The number of fused-ring (bicyclic) bond motifs is 3. The molecule has 2 aromatic heterocycles. The van der Waals surface area contributed by atoms with Crippen LogP contribution in [-0.2, 0) is 17.9 Å². The van der Waals surface area contributed by atoms with E-state index >= 15 is 0 Å². The number of carbonyl (C=O) groups excluding carboxylic acids is 1. The van der Waals surface area contributed by atoms with Crippen molar-refractivity contribution in [3.05, 3.63) is 59.0 Å². The lowest BCUT2D eigenvalue weighted by Gasteiger charge is -2.32. The summed E-state index contributed by atoms with van der Waals surface area (Å²) >= 11 is 6.29. The van der Waals surface area contributed by atoms with Crippen LogP contribution in [-0.4, -0.2) is 54.3 Å². The monoisotopic (exact) mass is 467 g/mol. The first-order chi connectivity index (χ1) is 16.0. The molecule has 6 rings (SSSR count). The molecule has 0 spiro atoms. The number of benzene rings is 1. The van der Waals surface area contributed by atoms with Gasteiger partial charge in [-0.3, -0.25) is 14.3 Å². The zero-order valence-corrected chi connectivity index (χ0v) is 18.7. The summed E-state index contributed by atoms with van der Waals surface area (Å²) < 4.78 is 16.7. The summed E-state index contributed by atoms with van der Waals surface area (Å²) in [6.07, 6.45) is 7.53. The van der Waals surface area contributed by atoms with Gasteiger partial charge in [0.15, 0.2) is 11.5 Å². The molecule has 0 bridgehead atoms. The number of carbonyl (C=O) groups is 1. The zero-order chi connectivity index (χ0) is 22.6. The minimum Gasteiger partial charge on any atom is -0.355 e. The van der Waals surface area contributed by atoms with Crippen molar-refractivity contribution < 1.29 is 9.18 Å². The van der Waals surface area contributed by atoms with Gasteiger partial charge >= 0.3 is 0 Å². The number of halogens is 2. The predicted octanol–water partition coefficient (Wildman–Crippen LogP) is 3.44. The highest BCUT2D eigenvalue weighted by Crippen LogP contribution is 2.43. The lowest BCUT2D eigenvalue weighted by Crippen LogP contribution is -2.37. The molecule has 0 radical (unpaired) electrons. The molecule has 2 aliphatic heterocycles. The van der Waals surface area contributed by atoms with Gasteiger partial charge in [-0.1, -0.05) is 11.6 Å². The van der Waals surface area contributed by atoms with Crippen molar-refractivity contribution in [2.24, 2.45) is 0 Å². The first-order valence-electron chi connectivity index (χ1n) is 11.2. The van der Waals surface area contributed by atoms with Crippen molar-refractivity contribution in [1.82, 2.24) is 29.6 Å². The van der Waals surface area contributed by atoms with Gasteiger partial charge in [-0.25, -0.2) is 9.37 Å². The summed E-state index contributed by atoms with van der Waals surface area (Å²) in [7, 11) is 0. The van der Waals surface area contributed by atoms with Crippen LogP contribution in [0.4, 0.5) is 10.2 Å². The molecule has 170 valence electrons. The Morgan fingerprint density at radius 1 is 1.12 bits per heavy atom. The topological polar surface area (TPSA) is 80.0 Å². The highest BCUT2D eigenvalue weighted by molar-refractivity contribution is 6.30. The number of hydrogen-bond acceptors (Lipinski definition) is 6. The molecule has 1 aromatic carbocycles. The number of piperidine rings is 1. The van der Waals surface area contributed by atoms with E-state index in [2.05, 4.69) is 29.6 Å². The number of hydrogen-bond donors (Lipinski definition) is 0. The molecule has 8 nitrogen and oxygen atoms in total. The maximum atomic E-state index is 14.6. The summed E-state index contributed by atoms with van der Waals surface area (Å²) in [4.78, 5) is 25.2. The molecule has 1 saturated heterocycles. The molecule has 3 aliphatic rings. The summed E-state index contributed by atoms with van der Waals surface area (Å²) in [6, 6.07) is 5.63. The maximum absolute atomic E-state index is 14.6. The molecule has 33 heavy (non-hydrogen) atoms. The second-order valence-electron chi connectivity index (χ2n) is 9.03. The Labute approximate surface area is 195 Å². The fourth-order valence-electron chi connectivity index (χ4n) is 4.86. The Morgan fingerprint density at radius 3 is 2.67 bits per heavy atom. The van der Waals surface area contributed by atoms with Crippen molar-refractivity contribution in [1.29, 1.82) is 0 Å². The highest BCUT2D eigenvalue weighted by Gasteiger charge is 2.53. The normalized spacial score (nSPS) is 19.6.